The van der Waals surface area contributed by atoms with Gasteiger partial charge in [0, 0.05) is 16.6 Å². The van der Waals surface area contributed by atoms with Gasteiger partial charge in [-0.1, -0.05) is 41.9 Å². The van der Waals surface area contributed by atoms with E-state index in [0.717, 1.165) is 24.1 Å². The Morgan fingerprint density at radius 1 is 1.14 bits per heavy atom. The third kappa shape index (κ3) is 4.49. The molecule has 3 aromatic rings. The van der Waals surface area contributed by atoms with Crippen molar-refractivity contribution in [2.45, 2.75) is 31.9 Å². The molecule has 0 radical (unpaired) electrons. The maximum absolute atomic E-state index is 12.9. The average Bonchev–Trinajstić information content (AvgIpc) is 3.43. The number of aromatic nitrogens is 2. The van der Waals surface area contributed by atoms with E-state index < -0.39 is 12.1 Å². The lowest BCUT2D eigenvalue weighted by atomic mass is 10.1. The molecule has 1 amide bonds. The molecule has 29 heavy (non-hydrogen) atoms. The predicted molar refractivity (Wildman–Crippen MR) is 110 cm³/mol. The third-order valence-corrected chi connectivity index (χ3v) is 4.89. The first-order chi connectivity index (χ1) is 14.0. The highest BCUT2D eigenvalue weighted by Gasteiger charge is 2.28. The van der Waals surface area contributed by atoms with Crippen LogP contribution < -0.4 is 5.32 Å². The van der Waals surface area contributed by atoms with Crippen LogP contribution in [-0.2, 0) is 9.53 Å². The average molecular weight is 410 g/mol. The number of rotatable bonds is 6. The van der Waals surface area contributed by atoms with Crippen LogP contribution in [0.5, 0.6) is 0 Å². The number of ether oxygens (including phenoxy) is 1. The van der Waals surface area contributed by atoms with Crippen molar-refractivity contribution in [1.29, 1.82) is 0 Å². The van der Waals surface area contributed by atoms with Crippen molar-refractivity contribution in [1.82, 2.24) is 15.1 Å². The molecule has 1 saturated carbocycles. The smallest absolute Gasteiger partial charge is 0.357 e. The minimum Gasteiger partial charge on any atom is -0.448 e. The summed E-state index contributed by atoms with van der Waals surface area (Å²) in [5, 5.41) is 8.04. The zero-order chi connectivity index (χ0) is 20.4. The molecule has 0 spiro atoms. The van der Waals surface area contributed by atoms with E-state index in [1.54, 1.807) is 25.1 Å². The Labute approximate surface area is 173 Å². The number of hydrogen-bond acceptors (Lipinski definition) is 4. The SMILES string of the molecule is C[C@H](OC(=O)c1cc(-c2ccc(Cl)cc2)nn1-c1ccccc1)C(=O)NC1CC1. The van der Waals surface area contributed by atoms with Gasteiger partial charge in [0.1, 0.15) is 0 Å². The summed E-state index contributed by atoms with van der Waals surface area (Å²) in [6, 6.07) is 18.4. The second-order valence-corrected chi connectivity index (χ2v) is 7.44. The standard InChI is InChI=1S/C22H20ClN3O3/c1-14(21(27)24-17-11-12-17)29-22(28)20-13-19(15-7-9-16(23)10-8-15)25-26(20)18-5-3-2-4-6-18/h2-10,13-14,17H,11-12H2,1H3,(H,24,27)/t14-/m0/s1. The van der Waals surface area contributed by atoms with Gasteiger partial charge in [0.2, 0.25) is 0 Å². The summed E-state index contributed by atoms with van der Waals surface area (Å²) in [6.07, 6.45) is 1.05. The third-order valence-electron chi connectivity index (χ3n) is 4.64. The summed E-state index contributed by atoms with van der Waals surface area (Å²) in [5.74, 6) is -0.899. The summed E-state index contributed by atoms with van der Waals surface area (Å²) in [4.78, 5) is 25.0. The summed E-state index contributed by atoms with van der Waals surface area (Å²) in [5.41, 5.74) is 2.38. The predicted octanol–water partition coefficient (Wildman–Crippen LogP) is 4.02. The lowest BCUT2D eigenvalue weighted by Crippen LogP contribution is -2.37. The van der Waals surface area contributed by atoms with Crippen molar-refractivity contribution in [3.8, 4) is 16.9 Å². The molecular formula is C22H20ClN3O3. The largest absolute Gasteiger partial charge is 0.448 e. The van der Waals surface area contributed by atoms with Gasteiger partial charge in [0.25, 0.3) is 5.91 Å². The fraction of sp³-hybridized carbons (Fsp3) is 0.227. The van der Waals surface area contributed by atoms with Gasteiger partial charge in [-0.15, -0.1) is 0 Å². The Bertz CT molecular complexity index is 1030. The first kappa shape index (κ1) is 19.2. The van der Waals surface area contributed by atoms with Crippen LogP contribution in [0.1, 0.15) is 30.3 Å². The van der Waals surface area contributed by atoms with Crippen LogP contribution in [0.3, 0.4) is 0 Å². The van der Waals surface area contributed by atoms with Crippen LogP contribution in [0.25, 0.3) is 16.9 Å². The number of benzene rings is 2. The molecule has 1 aliphatic carbocycles. The second-order valence-electron chi connectivity index (χ2n) is 7.00. The Balaban J connectivity index is 1.64. The Kier molecular flexibility index (Phi) is 5.36. The van der Waals surface area contributed by atoms with E-state index in [0.29, 0.717) is 10.7 Å². The maximum Gasteiger partial charge on any atom is 0.357 e. The first-order valence-electron chi connectivity index (χ1n) is 9.44. The number of nitrogens with zero attached hydrogens (tertiary/aromatic N) is 2. The van der Waals surface area contributed by atoms with Gasteiger partial charge in [0.05, 0.1) is 11.4 Å². The summed E-state index contributed by atoms with van der Waals surface area (Å²) >= 11 is 5.97. The molecule has 0 aliphatic heterocycles. The molecular weight excluding hydrogens is 390 g/mol. The molecule has 7 heteroatoms. The minimum atomic E-state index is -0.888. The summed E-state index contributed by atoms with van der Waals surface area (Å²) in [7, 11) is 0. The molecule has 6 nitrogen and oxygen atoms in total. The fourth-order valence-corrected chi connectivity index (χ4v) is 3.00. The Hall–Kier alpha value is -3.12. The van der Waals surface area contributed by atoms with Gasteiger partial charge in [-0.25, -0.2) is 9.48 Å². The van der Waals surface area contributed by atoms with Gasteiger partial charge in [0.15, 0.2) is 11.8 Å². The van der Waals surface area contributed by atoms with Gasteiger partial charge in [-0.3, -0.25) is 4.79 Å². The molecule has 1 aromatic heterocycles. The van der Waals surface area contributed by atoms with Gasteiger partial charge in [-0.05, 0) is 50.1 Å². The lowest BCUT2D eigenvalue weighted by molar-refractivity contribution is -0.129. The summed E-state index contributed by atoms with van der Waals surface area (Å²) < 4.78 is 6.95. The van der Waals surface area contributed by atoms with Crippen LogP contribution in [0, 0.1) is 0 Å². The molecule has 1 aliphatic rings. The van der Waals surface area contributed by atoms with E-state index in [9.17, 15) is 9.59 Å². The van der Waals surface area contributed by atoms with Gasteiger partial charge < -0.3 is 10.1 Å². The van der Waals surface area contributed by atoms with Crippen molar-refractivity contribution in [3.05, 3.63) is 71.4 Å². The summed E-state index contributed by atoms with van der Waals surface area (Å²) in [6.45, 7) is 1.57. The topological polar surface area (TPSA) is 73.2 Å². The normalized spacial score (nSPS) is 14.3. The molecule has 0 unspecified atom stereocenters. The van der Waals surface area contributed by atoms with E-state index in [1.165, 1.54) is 4.68 Å². The number of carbonyl (C=O) groups is 2. The molecule has 1 N–H and O–H groups in total. The van der Waals surface area contributed by atoms with Crippen molar-refractivity contribution < 1.29 is 14.3 Å². The molecule has 148 valence electrons. The van der Waals surface area contributed by atoms with E-state index in [1.807, 2.05) is 42.5 Å². The van der Waals surface area contributed by atoms with E-state index in [-0.39, 0.29) is 17.6 Å². The van der Waals surface area contributed by atoms with Crippen LogP contribution >= 0.6 is 11.6 Å². The second kappa shape index (κ2) is 8.09. The van der Waals surface area contributed by atoms with Gasteiger partial charge in [-0.2, -0.15) is 5.10 Å². The van der Waals surface area contributed by atoms with E-state index >= 15 is 0 Å². The van der Waals surface area contributed by atoms with Crippen molar-refractivity contribution in [2.24, 2.45) is 0 Å². The number of halogens is 1. The van der Waals surface area contributed by atoms with Crippen molar-refractivity contribution in [3.63, 3.8) is 0 Å². The first-order valence-corrected chi connectivity index (χ1v) is 9.82. The van der Waals surface area contributed by atoms with Crippen LogP contribution in [0.15, 0.2) is 60.7 Å². The zero-order valence-electron chi connectivity index (χ0n) is 15.8. The zero-order valence-corrected chi connectivity index (χ0v) is 16.6. The number of esters is 1. The Morgan fingerprint density at radius 2 is 1.83 bits per heavy atom. The highest BCUT2D eigenvalue weighted by molar-refractivity contribution is 6.30. The van der Waals surface area contributed by atoms with Crippen molar-refractivity contribution in [2.75, 3.05) is 0 Å². The Morgan fingerprint density at radius 3 is 2.48 bits per heavy atom. The minimum absolute atomic E-state index is 0.204. The molecule has 0 bridgehead atoms. The maximum atomic E-state index is 12.9. The van der Waals surface area contributed by atoms with Crippen LogP contribution in [0.4, 0.5) is 0 Å². The number of amides is 1. The molecule has 4 rings (SSSR count). The number of carbonyl (C=O) groups excluding carboxylic acids is 2. The fourth-order valence-electron chi connectivity index (χ4n) is 2.87. The van der Waals surface area contributed by atoms with E-state index in [4.69, 9.17) is 16.3 Å². The van der Waals surface area contributed by atoms with Gasteiger partial charge >= 0.3 is 5.97 Å². The molecule has 1 heterocycles. The quantitative estimate of drug-likeness (QED) is 0.624. The number of nitrogens with one attached hydrogen (secondary N) is 1. The van der Waals surface area contributed by atoms with Crippen LogP contribution in [-0.4, -0.2) is 33.8 Å². The van der Waals surface area contributed by atoms with Crippen LogP contribution in [0.2, 0.25) is 5.02 Å². The molecule has 0 saturated heterocycles. The lowest BCUT2D eigenvalue weighted by Gasteiger charge is -2.13. The number of hydrogen-bond donors (Lipinski definition) is 1. The monoisotopic (exact) mass is 409 g/mol. The number of para-hydroxylation sites is 1. The van der Waals surface area contributed by atoms with E-state index in [2.05, 4.69) is 10.4 Å². The molecule has 1 fully saturated rings. The molecule has 1 atom stereocenters. The highest BCUT2D eigenvalue weighted by atomic mass is 35.5. The molecule has 2 aromatic carbocycles. The highest BCUT2D eigenvalue weighted by Crippen LogP contribution is 2.24. The van der Waals surface area contributed by atoms with Crippen molar-refractivity contribution >= 4 is 23.5 Å².